The van der Waals surface area contributed by atoms with Gasteiger partial charge in [0.15, 0.2) is 0 Å². The third-order valence-electron chi connectivity index (χ3n) is 9.39. The van der Waals surface area contributed by atoms with Gasteiger partial charge in [0.1, 0.15) is 23.1 Å². The number of hydrogen-bond donors (Lipinski definition) is 2. The first kappa shape index (κ1) is 27.9. The van der Waals surface area contributed by atoms with Gasteiger partial charge in [0.2, 0.25) is 0 Å². The maximum Gasteiger partial charge on any atom is 0.410 e. The standard InChI is InChI=1S/C34H43N7O2/c1-34(2,3)43-33(42)41-16-6-9-29(41)32-36-20-27(39-32)22-14-17-40(18-15-22)30-13-11-24-19-25(10-12-26(24)37-30)28-21-35-31(38-28)23-7-4-5-8-23/h10-13,19-23,29H,4-9,14-18H2,1-3H3,(H,35,38)(H,36,39)/t29-/m1/s1. The normalized spacial score (nSPS) is 20.4. The summed E-state index contributed by atoms with van der Waals surface area (Å²) in [6, 6.07) is 10.8. The number of nitrogens with zero attached hydrogens (tertiary/aromatic N) is 5. The Balaban J connectivity index is 0.984. The highest BCUT2D eigenvalue weighted by Gasteiger charge is 2.35. The van der Waals surface area contributed by atoms with Crippen molar-refractivity contribution in [3.05, 3.63) is 60.1 Å². The molecule has 1 saturated carbocycles. The molecular formula is C34H43N7O2. The average Bonchev–Trinajstić information content (AvgIpc) is 3.82. The Hall–Kier alpha value is -3.88. The summed E-state index contributed by atoms with van der Waals surface area (Å²) in [5, 5.41) is 1.14. The van der Waals surface area contributed by atoms with E-state index in [9.17, 15) is 4.79 Å². The second-order valence-corrected chi connectivity index (χ2v) is 13.6. The number of aromatic nitrogens is 5. The van der Waals surface area contributed by atoms with Crippen molar-refractivity contribution >= 4 is 22.8 Å². The first-order valence-electron chi connectivity index (χ1n) is 16.1. The summed E-state index contributed by atoms with van der Waals surface area (Å²) in [7, 11) is 0. The number of H-pyrrole nitrogens is 2. The zero-order chi connectivity index (χ0) is 29.6. The molecule has 2 N–H and O–H groups in total. The van der Waals surface area contributed by atoms with Gasteiger partial charge in [0.05, 0.1) is 23.4 Å². The molecule has 0 spiro atoms. The molecule has 3 aliphatic rings. The minimum Gasteiger partial charge on any atom is -0.444 e. The molecule has 0 bridgehead atoms. The molecule has 9 heteroatoms. The van der Waals surface area contributed by atoms with Crippen LogP contribution in [0.25, 0.3) is 22.2 Å². The van der Waals surface area contributed by atoms with E-state index in [-0.39, 0.29) is 12.1 Å². The van der Waals surface area contributed by atoms with Crippen LogP contribution in [-0.2, 0) is 4.74 Å². The molecule has 1 atom stereocenters. The van der Waals surface area contributed by atoms with Crippen LogP contribution in [0.15, 0.2) is 42.7 Å². The summed E-state index contributed by atoms with van der Waals surface area (Å²) in [5.74, 6) is 4.05. The molecule has 4 aromatic rings. The van der Waals surface area contributed by atoms with Crippen molar-refractivity contribution in [3.63, 3.8) is 0 Å². The summed E-state index contributed by atoms with van der Waals surface area (Å²) in [4.78, 5) is 38.6. The summed E-state index contributed by atoms with van der Waals surface area (Å²) >= 11 is 0. The van der Waals surface area contributed by atoms with Crippen LogP contribution in [0.2, 0.25) is 0 Å². The van der Waals surface area contributed by atoms with Crippen molar-refractivity contribution in [3.8, 4) is 11.3 Å². The van der Waals surface area contributed by atoms with Gasteiger partial charge in [-0.3, -0.25) is 4.90 Å². The molecule has 7 rings (SSSR count). The Labute approximate surface area is 253 Å². The molecular weight excluding hydrogens is 538 g/mol. The molecule has 226 valence electrons. The van der Waals surface area contributed by atoms with Crippen LogP contribution >= 0.6 is 0 Å². The van der Waals surface area contributed by atoms with Gasteiger partial charge in [-0.1, -0.05) is 18.9 Å². The number of pyridine rings is 1. The van der Waals surface area contributed by atoms with Crippen molar-refractivity contribution in [2.75, 3.05) is 24.5 Å². The highest BCUT2D eigenvalue weighted by atomic mass is 16.6. The lowest BCUT2D eigenvalue weighted by atomic mass is 9.94. The number of amides is 1. The van der Waals surface area contributed by atoms with Gasteiger partial charge in [-0.25, -0.2) is 19.7 Å². The monoisotopic (exact) mass is 581 g/mol. The Morgan fingerprint density at radius 3 is 2.44 bits per heavy atom. The average molecular weight is 582 g/mol. The third kappa shape index (κ3) is 5.86. The zero-order valence-electron chi connectivity index (χ0n) is 25.6. The Kier molecular flexibility index (Phi) is 7.35. The van der Waals surface area contributed by atoms with Crippen LogP contribution in [0.5, 0.6) is 0 Å². The zero-order valence-corrected chi connectivity index (χ0v) is 25.6. The van der Waals surface area contributed by atoms with Crippen molar-refractivity contribution in [1.29, 1.82) is 0 Å². The van der Waals surface area contributed by atoms with Crippen LogP contribution in [0.1, 0.15) is 107 Å². The topological polar surface area (TPSA) is 103 Å². The summed E-state index contributed by atoms with van der Waals surface area (Å²) in [6.07, 6.45) is 12.7. The van der Waals surface area contributed by atoms with Crippen molar-refractivity contribution in [2.24, 2.45) is 0 Å². The Bertz CT molecular complexity index is 1590. The molecule has 1 amide bonds. The smallest absolute Gasteiger partial charge is 0.410 e. The summed E-state index contributed by atoms with van der Waals surface area (Å²) in [5.41, 5.74) is 3.92. The molecule has 9 nitrogen and oxygen atoms in total. The molecule has 3 fully saturated rings. The Morgan fingerprint density at radius 2 is 1.65 bits per heavy atom. The van der Waals surface area contributed by atoms with Crippen molar-refractivity contribution in [1.82, 2.24) is 29.8 Å². The van der Waals surface area contributed by atoms with E-state index in [1.165, 1.54) is 31.4 Å². The molecule has 0 unspecified atom stereocenters. The third-order valence-corrected chi connectivity index (χ3v) is 9.39. The number of likely N-dealkylation sites (tertiary alicyclic amines) is 1. The highest BCUT2D eigenvalue weighted by molar-refractivity contribution is 5.85. The Morgan fingerprint density at radius 1 is 0.860 bits per heavy atom. The van der Waals surface area contributed by atoms with E-state index in [1.807, 2.05) is 38.1 Å². The maximum atomic E-state index is 12.8. The molecule has 5 heterocycles. The molecule has 1 aliphatic carbocycles. The van der Waals surface area contributed by atoms with E-state index >= 15 is 0 Å². The number of fused-ring (bicyclic) bond motifs is 1. The van der Waals surface area contributed by atoms with Gasteiger partial charge in [0, 0.05) is 54.3 Å². The number of hydrogen-bond acceptors (Lipinski definition) is 6. The minimum absolute atomic E-state index is 0.0476. The molecule has 2 aliphatic heterocycles. The number of nitrogens with one attached hydrogen (secondary N) is 2. The van der Waals surface area contributed by atoms with Gasteiger partial charge < -0.3 is 19.6 Å². The maximum absolute atomic E-state index is 12.8. The number of anilines is 1. The van der Waals surface area contributed by atoms with Gasteiger partial charge in [-0.05, 0) is 83.6 Å². The first-order chi connectivity index (χ1) is 20.8. The van der Waals surface area contributed by atoms with Gasteiger partial charge in [0.25, 0.3) is 0 Å². The molecule has 0 radical (unpaired) electrons. The van der Waals surface area contributed by atoms with Gasteiger partial charge >= 0.3 is 6.09 Å². The van der Waals surface area contributed by atoms with E-state index in [0.717, 1.165) is 78.4 Å². The molecule has 43 heavy (non-hydrogen) atoms. The molecule has 2 saturated heterocycles. The number of rotatable bonds is 5. The van der Waals surface area contributed by atoms with E-state index in [0.29, 0.717) is 18.4 Å². The predicted octanol–water partition coefficient (Wildman–Crippen LogP) is 7.46. The van der Waals surface area contributed by atoms with E-state index in [1.54, 1.807) is 0 Å². The summed E-state index contributed by atoms with van der Waals surface area (Å²) < 4.78 is 5.65. The van der Waals surface area contributed by atoms with E-state index in [4.69, 9.17) is 19.7 Å². The van der Waals surface area contributed by atoms with Gasteiger partial charge in [-0.2, -0.15) is 0 Å². The quantitative estimate of drug-likeness (QED) is 0.254. The van der Waals surface area contributed by atoms with Crippen molar-refractivity contribution < 1.29 is 9.53 Å². The molecule has 1 aromatic carbocycles. The van der Waals surface area contributed by atoms with Crippen LogP contribution in [0, 0.1) is 0 Å². The van der Waals surface area contributed by atoms with Crippen LogP contribution in [0.3, 0.4) is 0 Å². The van der Waals surface area contributed by atoms with Crippen LogP contribution in [-0.4, -0.2) is 61.1 Å². The number of carbonyl (C=O) groups excluding carboxylic acids is 1. The lowest BCUT2D eigenvalue weighted by molar-refractivity contribution is 0.0218. The fourth-order valence-electron chi connectivity index (χ4n) is 7.09. The minimum atomic E-state index is -0.506. The lowest BCUT2D eigenvalue weighted by Gasteiger charge is -2.32. The van der Waals surface area contributed by atoms with E-state index in [2.05, 4.69) is 45.2 Å². The largest absolute Gasteiger partial charge is 0.444 e. The SMILES string of the molecule is CC(C)(C)OC(=O)N1CCC[C@@H]1c1ncc(C2CCN(c3ccc4cc(-c5cnc(C6CCCC6)[nH]5)ccc4n3)CC2)[nH]1. The second kappa shape index (κ2) is 11.3. The highest BCUT2D eigenvalue weighted by Crippen LogP contribution is 2.36. The second-order valence-electron chi connectivity index (χ2n) is 13.6. The van der Waals surface area contributed by atoms with Crippen LogP contribution in [0.4, 0.5) is 10.6 Å². The number of ether oxygens (including phenoxy) is 1. The van der Waals surface area contributed by atoms with E-state index < -0.39 is 5.60 Å². The fraction of sp³-hybridized carbons (Fsp3) is 0.529. The molecule has 3 aromatic heterocycles. The number of benzene rings is 1. The number of piperidine rings is 1. The fourth-order valence-corrected chi connectivity index (χ4v) is 7.09. The number of carbonyl (C=O) groups is 1. The number of imidazole rings is 2. The van der Waals surface area contributed by atoms with Gasteiger partial charge in [-0.15, -0.1) is 0 Å². The van der Waals surface area contributed by atoms with Crippen LogP contribution < -0.4 is 4.90 Å². The van der Waals surface area contributed by atoms with Crippen molar-refractivity contribution in [2.45, 2.75) is 95.6 Å². The number of aromatic amines is 2. The lowest BCUT2D eigenvalue weighted by Crippen LogP contribution is -2.36. The predicted molar refractivity (Wildman–Crippen MR) is 168 cm³/mol. The first-order valence-corrected chi connectivity index (χ1v) is 16.1. The summed E-state index contributed by atoms with van der Waals surface area (Å²) in [6.45, 7) is 8.32.